The Morgan fingerprint density at radius 3 is 3.00 bits per heavy atom. The molecule has 0 aliphatic carbocycles. The number of nitrogens with one attached hydrogen (secondary N) is 1. The van der Waals surface area contributed by atoms with Crippen LogP contribution in [0, 0.1) is 6.92 Å². The van der Waals surface area contributed by atoms with Crippen molar-refractivity contribution < 1.29 is 9.53 Å². The van der Waals surface area contributed by atoms with Gasteiger partial charge in [-0.05, 0) is 13.0 Å². The van der Waals surface area contributed by atoms with E-state index in [0.29, 0.717) is 13.1 Å². The Bertz CT molecular complexity index is 418. The number of hydrogen-bond acceptors (Lipinski definition) is 3. The molecule has 1 aromatic carbocycles. The van der Waals surface area contributed by atoms with Crippen LogP contribution in [0.5, 0.6) is 5.75 Å². The van der Waals surface area contributed by atoms with Gasteiger partial charge in [-0.3, -0.25) is 4.79 Å². The fourth-order valence-electron chi connectivity index (χ4n) is 2.05. The van der Waals surface area contributed by atoms with Crippen LogP contribution in [0.2, 0.25) is 0 Å². The summed E-state index contributed by atoms with van der Waals surface area (Å²) in [5.41, 5.74) is 2.26. The van der Waals surface area contributed by atoms with Gasteiger partial charge in [0.1, 0.15) is 5.75 Å². The molecule has 1 fully saturated rings. The van der Waals surface area contributed by atoms with Crippen LogP contribution in [0.1, 0.15) is 11.1 Å². The van der Waals surface area contributed by atoms with Crippen LogP contribution in [0.3, 0.4) is 0 Å². The Labute approximate surface area is 102 Å². The number of benzene rings is 1. The second-order valence-corrected chi connectivity index (χ2v) is 4.31. The lowest BCUT2D eigenvalue weighted by molar-refractivity contribution is -0.132. The van der Waals surface area contributed by atoms with Crippen molar-refractivity contribution in [3.05, 3.63) is 29.3 Å². The third-order valence-electron chi connectivity index (χ3n) is 2.98. The summed E-state index contributed by atoms with van der Waals surface area (Å²) >= 11 is 0. The predicted octanol–water partition coefficient (Wildman–Crippen LogP) is 0.935. The van der Waals surface area contributed by atoms with Gasteiger partial charge in [0.25, 0.3) is 0 Å². The lowest BCUT2D eigenvalue weighted by Crippen LogP contribution is -2.47. The van der Waals surface area contributed by atoms with Gasteiger partial charge in [-0.2, -0.15) is 0 Å². The molecule has 1 N–H and O–H groups in total. The molecule has 0 spiro atoms. The van der Waals surface area contributed by atoms with Crippen LogP contribution in [0.15, 0.2) is 18.2 Å². The van der Waals surface area contributed by atoms with E-state index in [-0.39, 0.29) is 5.91 Å². The van der Waals surface area contributed by atoms with Gasteiger partial charge in [-0.1, -0.05) is 17.7 Å². The predicted molar refractivity (Wildman–Crippen MR) is 66.0 cm³/mol. The van der Waals surface area contributed by atoms with E-state index in [1.807, 2.05) is 24.0 Å². The maximum atomic E-state index is 11.7. The van der Waals surface area contributed by atoms with E-state index >= 15 is 0 Å². The molecule has 1 heterocycles. The highest BCUT2D eigenvalue weighted by molar-refractivity contribution is 5.79. The summed E-state index contributed by atoms with van der Waals surface area (Å²) in [7, 11) is 1.66. The van der Waals surface area contributed by atoms with Gasteiger partial charge < -0.3 is 15.0 Å². The number of carbonyl (C=O) groups excluding carboxylic acids is 1. The summed E-state index contributed by atoms with van der Waals surface area (Å²) in [4.78, 5) is 13.6. The summed E-state index contributed by atoms with van der Waals surface area (Å²) in [6.45, 7) is 4.73. The lowest BCUT2D eigenvalue weighted by atomic mass is 10.1. The monoisotopic (exact) mass is 234 g/mol. The van der Waals surface area contributed by atoms with Gasteiger partial charge in [0.2, 0.25) is 5.91 Å². The molecule has 1 saturated heterocycles. The van der Waals surface area contributed by atoms with E-state index in [4.69, 9.17) is 4.74 Å². The highest BCUT2D eigenvalue weighted by Crippen LogP contribution is 2.21. The SMILES string of the molecule is COc1ccc(C)cc1CN1CCNCC1=O. The molecule has 0 bridgehead atoms. The maximum absolute atomic E-state index is 11.7. The number of hydrogen-bond donors (Lipinski definition) is 1. The summed E-state index contributed by atoms with van der Waals surface area (Å²) in [6.07, 6.45) is 0. The van der Waals surface area contributed by atoms with Crippen LogP contribution in [-0.2, 0) is 11.3 Å². The maximum Gasteiger partial charge on any atom is 0.236 e. The Hall–Kier alpha value is -1.55. The molecule has 0 unspecified atom stereocenters. The van der Waals surface area contributed by atoms with Crippen molar-refractivity contribution in [2.75, 3.05) is 26.7 Å². The zero-order valence-electron chi connectivity index (χ0n) is 10.3. The largest absolute Gasteiger partial charge is 0.496 e. The van der Waals surface area contributed by atoms with Gasteiger partial charge in [-0.15, -0.1) is 0 Å². The van der Waals surface area contributed by atoms with Crippen molar-refractivity contribution in [3.63, 3.8) is 0 Å². The Morgan fingerprint density at radius 1 is 1.47 bits per heavy atom. The number of rotatable bonds is 3. The zero-order chi connectivity index (χ0) is 12.3. The van der Waals surface area contributed by atoms with Crippen molar-refractivity contribution in [2.24, 2.45) is 0 Å². The second-order valence-electron chi connectivity index (χ2n) is 4.31. The molecule has 0 atom stereocenters. The van der Waals surface area contributed by atoms with Crippen molar-refractivity contribution in [3.8, 4) is 5.75 Å². The van der Waals surface area contributed by atoms with Crippen LogP contribution in [0.25, 0.3) is 0 Å². The first-order valence-corrected chi connectivity index (χ1v) is 5.82. The van der Waals surface area contributed by atoms with Gasteiger partial charge in [0.05, 0.1) is 13.7 Å². The van der Waals surface area contributed by atoms with Gasteiger partial charge in [0, 0.05) is 25.2 Å². The molecule has 1 aromatic rings. The minimum Gasteiger partial charge on any atom is -0.496 e. The number of carbonyl (C=O) groups is 1. The van der Waals surface area contributed by atoms with Crippen LogP contribution in [0.4, 0.5) is 0 Å². The van der Waals surface area contributed by atoms with E-state index < -0.39 is 0 Å². The minimum atomic E-state index is 0.153. The van der Waals surface area contributed by atoms with Gasteiger partial charge >= 0.3 is 0 Å². The highest BCUT2D eigenvalue weighted by atomic mass is 16.5. The smallest absolute Gasteiger partial charge is 0.236 e. The number of nitrogens with zero attached hydrogens (tertiary/aromatic N) is 1. The first-order chi connectivity index (χ1) is 8.20. The summed E-state index contributed by atoms with van der Waals surface area (Å²) in [5.74, 6) is 1.00. The normalized spacial score (nSPS) is 16.1. The molecule has 1 aliphatic heterocycles. The van der Waals surface area contributed by atoms with E-state index in [1.54, 1.807) is 7.11 Å². The molecular weight excluding hydrogens is 216 g/mol. The second kappa shape index (κ2) is 5.19. The average Bonchev–Trinajstić information content (AvgIpc) is 2.32. The first-order valence-electron chi connectivity index (χ1n) is 5.82. The number of amides is 1. The number of aryl methyl sites for hydroxylation is 1. The third-order valence-corrected chi connectivity index (χ3v) is 2.98. The lowest BCUT2D eigenvalue weighted by Gasteiger charge is -2.28. The molecule has 92 valence electrons. The van der Waals surface area contributed by atoms with Crippen molar-refractivity contribution in [1.29, 1.82) is 0 Å². The molecule has 0 radical (unpaired) electrons. The molecule has 1 aliphatic rings. The zero-order valence-corrected chi connectivity index (χ0v) is 10.3. The summed E-state index contributed by atoms with van der Waals surface area (Å²) in [5, 5.41) is 3.07. The highest BCUT2D eigenvalue weighted by Gasteiger charge is 2.18. The molecule has 17 heavy (non-hydrogen) atoms. The quantitative estimate of drug-likeness (QED) is 0.846. The Kier molecular flexibility index (Phi) is 3.64. The van der Waals surface area contributed by atoms with Crippen molar-refractivity contribution >= 4 is 5.91 Å². The summed E-state index contributed by atoms with van der Waals surface area (Å²) < 4.78 is 5.32. The van der Waals surface area contributed by atoms with E-state index in [0.717, 1.165) is 24.4 Å². The van der Waals surface area contributed by atoms with Crippen LogP contribution in [-0.4, -0.2) is 37.6 Å². The molecule has 0 aromatic heterocycles. The van der Waals surface area contributed by atoms with Crippen molar-refractivity contribution in [1.82, 2.24) is 10.2 Å². The van der Waals surface area contributed by atoms with E-state index in [1.165, 1.54) is 5.56 Å². The third kappa shape index (κ3) is 2.77. The molecule has 2 rings (SSSR count). The number of piperazine rings is 1. The fourth-order valence-corrected chi connectivity index (χ4v) is 2.05. The topological polar surface area (TPSA) is 41.6 Å². The number of methoxy groups -OCH3 is 1. The molecule has 4 nitrogen and oxygen atoms in total. The number of ether oxygens (including phenoxy) is 1. The molecule has 4 heteroatoms. The van der Waals surface area contributed by atoms with E-state index in [2.05, 4.69) is 11.4 Å². The Morgan fingerprint density at radius 2 is 2.29 bits per heavy atom. The van der Waals surface area contributed by atoms with E-state index in [9.17, 15) is 4.79 Å². The molecular formula is C13H18N2O2. The van der Waals surface area contributed by atoms with Crippen molar-refractivity contribution in [2.45, 2.75) is 13.5 Å². The standard InChI is InChI=1S/C13H18N2O2/c1-10-3-4-12(17-2)11(7-10)9-15-6-5-14-8-13(15)16/h3-4,7,14H,5-6,8-9H2,1-2H3. The fraction of sp³-hybridized carbons (Fsp3) is 0.462. The van der Waals surface area contributed by atoms with Gasteiger partial charge in [-0.25, -0.2) is 0 Å². The first kappa shape index (κ1) is 11.9. The summed E-state index contributed by atoms with van der Waals surface area (Å²) in [6, 6.07) is 6.05. The molecule has 1 amide bonds. The molecule has 0 saturated carbocycles. The van der Waals surface area contributed by atoms with Crippen LogP contribution < -0.4 is 10.1 Å². The van der Waals surface area contributed by atoms with Crippen LogP contribution >= 0.6 is 0 Å². The van der Waals surface area contributed by atoms with Gasteiger partial charge in [0.15, 0.2) is 0 Å². The average molecular weight is 234 g/mol. The minimum absolute atomic E-state index is 0.153. The Balaban J connectivity index is 2.16.